The van der Waals surface area contributed by atoms with Gasteiger partial charge in [0.1, 0.15) is 0 Å². The molecule has 0 unspecified atom stereocenters. The minimum absolute atomic E-state index is 0.464. The van der Waals surface area contributed by atoms with E-state index in [0.717, 1.165) is 33.9 Å². The first-order chi connectivity index (χ1) is 21.3. The Morgan fingerprint density at radius 1 is 0.349 bits per heavy atom. The number of fused-ring (bicyclic) bond motifs is 10. The van der Waals surface area contributed by atoms with Crippen LogP contribution >= 0.6 is 0 Å². The van der Waals surface area contributed by atoms with Crippen LogP contribution in [0.4, 0.5) is 0 Å². The molecule has 2 aliphatic rings. The van der Waals surface area contributed by atoms with Crippen LogP contribution in [0, 0.1) is 0 Å². The highest BCUT2D eigenvalue weighted by Gasteiger charge is 2.52. The Morgan fingerprint density at radius 3 is 1.26 bits per heavy atom. The number of nitrogens with zero attached hydrogens (tertiary/aromatic N) is 2. The van der Waals surface area contributed by atoms with E-state index in [-0.39, 0.29) is 0 Å². The van der Waals surface area contributed by atoms with Crippen LogP contribution in [0.15, 0.2) is 158 Å². The molecule has 0 saturated carbocycles. The van der Waals surface area contributed by atoms with Crippen molar-refractivity contribution in [3.63, 3.8) is 0 Å². The molecule has 0 atom stereocenters. The highest BCUT2D eigenvalue weighted by molar-refractivity contribution is 5.98. The lowest BCUT2D eigenvalue weighted by molar-refractivity contribution is 0.794. The molecule has 9 rings (SSSR count). The predicted molar refractivity (Wildman–Crippen MR) is 175 cm³/mol. The number of hydrogen-bond donors (Lipinski definition) is 0. The Bertz CT molecular complexity index is 2060. The molecule has 200 valence electrons. The molecular weight excluding hydrogens is 520 g/mol. The molecule has 0 amide bonds. The maximum Gasteiger partial charge on any atom is 0.160 e. The zero-order chi connectivity index (χ0) is 28.4. The highest BCUT2D eigenvalue weighted by atomic mass is 14.9. The minimum Gasteiger partial charge on any atom is -0.228 e. The number of aromatic nitrogens is 2. The van der Waals surface area contributed by atoms with Crippen molar-refractivity contribution >= 4 is 0 Å². The first-order valence-corrected chi connectivity index (χ1v) is 14.8. The smallest absolute Gasteiger partial charge is 0.160 e. The third-order valence-electron chi connectivity index (χ3n) is 9.12. The molecule has 1 aromatic heterocycles. The largest absolute Gasteiger partial charge is 0.228 e. The quantitative estimate of drug-likeness (QED) is 0.220. The molecule has 0 fully saturated rings. The SMILES string of the molecule is c1ccc(-c2cc(-c3ccccc3)nc(-c3cccc4c3C3(c5ccccc5-c5ccccc53)c3ccccc3-4)n2)cc1. The summed E-state index contributed by atoms with van der Waals surface area (Å²) in [5.74, 6) is 0.742. The van der Waals surface area contributed by atoms with E-state index in [1.54, 1.807) is 0 Å². The summed E-state index contributed by atoms with van der Waals surface area (Å²) in [6.45, 7) is 0. The van der Waals surface area contributed by atoms with Gasteiger partial charge >= 0.3 is 0 Å². The van der Waals surface area contributed by atoms with E-state index in [0.29, 0.717) is 0 Å². The van der Waals surface area contributed by atoms with E-state index in [4.69, 9.17) is 9.97 Å². The third kappa shape index (κ3) is 3.35. The molecule has 1 spiro atoms. The molecular formula is C41H26N2. The zero-order valence-electron chi connectivity index (χ0n) is 23.4. The summed E-state index contributed by atoms with van der Waals surface area (Å²) in [6, 6.07) is 56.4. The van der Waals surface area contributed by atoms with Crippen molar-refractivity contribution < 1.29 is 0 Å². The normalized spacial score (nSPS) is 13.3. The third-order valence-corrected chi connectivity index (χ3v) is 9.12. The molecule has 2 heteroatoms. The van der Waals surface area contributed by atoms with Gasteiger partial charge in [0.15, 0.2) is 5.82 Å². The minimum atomic E-state index is -0.464. The van der Waals surface area contributed by atoms with Gasteiger partial charge in [0.05, 0.1) is 16.8 Å². The molecule has 1 heterocycles. The van der Waals surface area contributed by atoms with Crippen LogP contribution in [-0.2, 0) is 5.41 Å². The van der Waals surface area contributed by atoms with E-state index in [9.17, 15) is 0 Å². The first kappa shape index (κ1) is 24.0. The van der Waals surface area contributed by atoms with Crippen molar-refractivity contribution in [3.8, 4) is 56.2 Å². The van der Waals surface area contributed by atoms with Gasteiger partial charge < -0.3 is 0 Å². The van der Waals surface area contributed by atoms with Crippen molar-refractivity contribution in [2.75, 3.05) is 0 Å². The summed E-state index contributed by atoms with van der Waals surface area (Å²) in [4.78, 5) is 10.6. The van der Waals surface area contributed by atoms with Crippen molar-refractivity contribution in [2.24, 2.45) is 0 Å². The Labute approximate surface area is 251 Å². The average molecular weight is 547 g/mol. The van der Waals surface area contributed by atoms with Gasteiger partial charge in [0.2, 0.25) is 0 Å². The second-order valence-corrected chi connectivity index (χ2v) is 11.3. The molecule has 2 aliphatic carbocycles. The summed E-state index contributed by atoms with van der Waals surface area (Å²) in [5.41, 5.74) is 14.9. The van der Waals surface area contributed by atoms with Crippen LogP contribution in [0.3, 0.4) is 0 Å². The fourth-order valence-electron chi connectivity index (χ4n) is 7.42. The summed E-state index contributed by atoms with van der Waals surface area (Å²) in [7, 11) is 0. The molecule has 0 radical (unpaired) electrons. The van der Waals surface area contributed by atoms with Crippen LogP contribution in [0.2, 0.25) is 0 Å². The number of rotatable bonds is 3. The molecule has 0 saturated heterocycles. The van der Waals surface area contributed by atoms with Crippen LogP contribution < -0.4 is 0 Å². The monoisotopic (exact) mass is 546 g/mol. The summed E-state index contributed by atoms with van der Waals surface area (Å²) in [6.07, 6.45) is 0. The van der Waals surface area contributed by atoms with Gasteiger partial charge in [-0.1, -0.05) is 152 Å². The summed E-state index contributed by atoms with van der Waals surface area (Å²) >= 11 is 0. The van der Waals surface area contributed by atoms with Gasteiger partial charge in [-0.05, 0) is 50.6 Å². The lowest BCUT2D eigenvalue weighted by Gasteiger charge is -2.32. The van der Waals surface area contributed by atoms with Crippen LogP contribution in [0.5, 0.6) is 0 Å². The molecule has 2 nitrogen and oxygen atoms in total. The molecule has 0 aliphatic heterocycles. The van der Waals surface area contributed by atoms with Crippen molar-refractivity contribution in [1.29, 1.82) is 0 Å². The zero-order valence-corrected chi connectivity index (χ0v) is 23.4. The number of hydrogen-bond acceptors (Lipinski definition) is 2. The van der Waals surface area contributed by atoms with E-state index in [2.05, 4.69) is 146 Å². The Kier molecular flexibility index (Phi) is 5.15. The highest BCUT2D eigenvalue weighted by Crippen LogP contribution is 2.64. The van der Waals surface area contributed by atoms with E-state index in [1.807, 2.05) is 12.1 Å². The van der Waals surface area contributed by atoms with Crippen LogP contribution in [0.1, 0.15) is 22.3 Å². The lowest BCUT2D eigenvalue weighted by Crippen LogP contribution is -2.26. The fraction of sp³-hybridized carbons (Fsp3) is 0.0244. The molecule has 0 N–H and O–H groups in total. The van der Waals surface area contributed by atoms with Crippen molar-refractivity contribution in [2.45, 2.75) is 5.41 Å². The molecule has 0 bridgehead atoms. The van der Waals surface area contributed by atoms with Crippen molar-refractivity contribution in [1.82, 2.24) is 9.97 Å². The maximum absolute atomic E-state index is 5.30. The van der Waals surface area contributed by atoms with Gasteiger partial charge in [-0.25, -0.2) is 9.97 Å². The van der Waals surface area contributed by atoms with Crippen LogP contribution in [0.25, 0.3) is 56.2 Å². The van der Waals surface area contributed by atoms with Gasteiger partial charge in [-0.15, -0.1) is 0 Å². The molecule has 6 aromatic carbocycles. The van der Waals surface area contributed by atoms with E-state index in [1.165, 1.54) is 44.5 Å². The van der Waals surface area contributed by atoms with Gasteiger partial charge in [-0.2, -0.15) is 0 Å². The van der Waals surface area contributed by atoms with E-state index < -0.39 is 5.41 Å². The van der Waals surface area contributed by atoms with E-state index >= 15 is 0 Å². The van der Waals surface area contributed by atoms with Gasteiger partial charge in [0.25, 0.3) is 0 Å². The lowest BCUT2D eigenvalue weighted by atomic mass is 9.69. The Morgan fingerprint density at radius 2 is 0.744 bits per heavy atom. The predicted octanol–water partition coefficient (Wildman–Crippen LogP) is 9.82. The molecule has 7 aromatic rings. The van der Waals surface area contributed by atoms with Crippen LogP contribution in [-0.4, -0.2) is 9.97 Å². The number of benzene rings is 6. The maximum atomic E-state index is 5.30. The Hall–Kier alpha value is -5.60. The summed E-state index contributed by atoms with van der Waals surface area (Å²) < 4.78 is 0. The Balaban J connectivity index is 1.40. The van der Waals surface area contributed by atoms with Gasteiger partial charge in [0, 0.05) is 16.7 Å². The average Bonchev–Trinajstić information content (AvgIpc) is 3.56. The fourth-order valence-corrected chi connectivity index (χ4v) is 7.42. The molecule has 43 heavy (non-hydrogen) atoms. The van der Waals surface area contributed by atoms with Gasteiger partial charge in [-0.3, -0.25) is 0 Å². The summed E-state index contributed by atoms with van der Waals surface area (Å²) in [5, 5.41) is 0. The topological polar surface area (TPSA) is 25.8 Å². The second-order valence-electron chi connectivity index (χ2n) is 11.3. The second kappa shape index (κ2) is 9.20. The first-order valence-electron chi connectivity index (χ1n) is 14.8. The standard InChI is InChI=1S/C41H26N2/c1-3-14-27(15-4-1)37-26-38(28-16-5-2-6-17-28)43-40(42-37)33-22-13-21-32-31-20-9-12-25-36(31)41(39(32)33)34-23-10-7-18-29(34)30-19-8-11-24-35(30)41/h1-26H. The van der Waals surface area contributed by atoms with Crippen molar-refractivity contribution in [3.05, 3.63) is 180 Å².